The van der Waals surface area contributed by atoms with E-state index < -0.39 is 0 Å². The van der Waals surface area contributed by atoms with Gasteiger partial charge >= 0.3 is 0 Å². The Morgan fingerprint density at radius 1 is 1.00 bits per heavy atom. The van der Waals surface area contributed by atoms with E-state index in [4.69, 9.17) is 9.47 Å². The molecular weight excluding hydrogens is 238 g/mol. The lowest BCUT2D eigenvalue weighted by Crippen LogP contribution is -2.15. The van der Waals surface area contributed by atoms with Gasteiger partial charge in [0.1, 0.15) is 13.2 Å². The van der Waals surface area contributed by atoms with Gasteiger partial charge in [0, 0.05) is 0 Å². The van der Waals surface area contributed by atoms with Gasteiger partial charge in [-0.1, -0.05) is 19.4 Å². The van der Waals surface area contributed by atoms with E-state index in [0.717, 1.165) is 31.0 Å². The van der Waals surface area contributed by atoms with E-state index in [0.29, 0.717) is 13.2 Å². The largest absolute Gasteiger partial charge is 0.486 e. The second kappa shape index (κ2) is 8.05. The lowest BCUT2D eigenvalue weighted by Gasteiger charge is -2.18. The molecule has 1 N–H and O–H groups in total. The van der Waals surface area contributed by atoms with Gasteiger partial charge in [-0.25, -0.2) is 0 Å². The zero-order chi connectivity index (χ0) is 13.3. The van der Waals surface area contributed by atoms with Crippen LogP contribution in [0.3, 0.4) is 0 Å². The summed E-state index contributed by atoms with van der Waals surface area (Å²) in [6.45, 7) is 5.82. The lowest BCUT2D eigenvalue weighted by molar-refractivity contribution is 0.171. The molecule has 0 fully saturated rings. The van der Waals surface area contributed by atoms with Crippen molar-refractivity contribution >= 4 is 0 Å². The summed E-state index contributed by atoms with van der Waals surface area (Å²) in [7, 11) is 0. The molecule has 0 amide bonds. The highest BCUT2D eigenvalue weighted by molar-refractivity contribution is 5.43. The topological polar surface area (TPSA) is 30.5 Å². The number of fused-ring (bicyclic) bond motifs is 1. The van der Waals surface area contributed by atoms with Crippen molar-refractivity contribution in [2.24, 2.45) is 0 Å². The second-order valence-electron chi connectivity index (χ2n) is 5.04. The van der Waals surface area contributed by atoms with Crippen LogP contribution < -0.4 is 14.8 Å². The lowest BCUT2D eigenvalue weighted by atomic mass is 10.1. The number of rotatable bonds is 8. The number of hydrogen-bond donors (Lipinski definition) is 1. The predicted molar refractivity (Wildman–Crippen MR) is 78.1 cm³/mol. The summed E-state index contributed by atoms with van der Waals surface area (Å²) in [5.74, 6) is 1.80. The Morgan fingerprint density at radius 2 is 1.84 bits per heavy atom. The molecule has 2 rings (SSSR count). The number of ether oxygens (including phenoxy) is 2. The zero-order valence-corrected chi connectivity index (χ0v) is 11.9. The van der Waals surface area contributed by atoms with Crippen LogP contribution in [0.1, 0.15) is 38.2 Å². The fourth-order valence-electron chi connectivity index (χ4n) is 2.30. The first-order valence-corrected chi connectivity index (χ1v) is 7.49. The maximum absolute atomic E-state index is 5.60. The molecule has 0 unspecified atom stereocenters. The monoisotopic (exact) mass is 263 g/mol. The molecule has 0 bridgehead atoms. The van der Waals surface area contributed by atoms with Crippen LogP contribution in [0.25, 0.3) is 0 Å². The van der Waals surface area contributed by atoms with Crippen molar-refractivity contribution in [1.82, 2.24) is 5.32 Å². The van der Waals surface area contributed by atoms with Gasteiger partial charge in [0.05, 0.1) is 0 Å². The van der Waals surface area contributed by atoms with Crippen molar-refractivity contribution in [3.05, 3.63) is 23.8 Å². The minimum absolute atomic E-state index is 0.664. The summed E-state index contributed by atoms with van der Waals surface area (Å²) in [5.41, 5.74) is 1.35. The van der Waals surface area contributed by atoms with E-state index in [-0.39, 0.29) is 0 Å². The summed E-state index contributed by atoms with van der Waals surface area (Å²) in [4.78, 5) is 0. The average molecular weight is 263 g/mol. The molecule has 1 aromatic carbocycles. The molecule has 19 heavy (non-hydrogen) atoms. The molecule has 0 saturated carbocycles. The van der Waals surface area contributed by atoms with Crippen molar-refractivity contribution in [3.8, 4) is 11.5 Å². The first-order valence-electron chi connectivity index (χ1n) is 7.49. The zero-order valence-electron chi connectivity index (χ0n) is 11.9. The first-order chi connectivity index (χ1) is 9.40. The van der Waals surface area contributed by atoms with E-state index in [1.165, 1.54) is 31.2 Å². The van der Waals surface area contributed by atoms with Crippen LogP contribution in [0.4, 0.5) is 0 Å². The fraction of sp³-hybridized carbons (Fsp3) is 0.625. The van der Waals surface area contributed by atoms with Gasteiger partial charge in [-0.05, 0) is 56.5 Å². The molecule has 0 saturated heterocycles. The van der Waals surface area contributed by atoms with E-state index in [9.17, 15) is 0 Å². The van der Waals surface area contributed by atoms with Gasteiger partial charge in [-0.2, -0.15) is 0 Å². The number of nitrogens with one attached hydrogen (secondary N) is 1. The molecule has 0 aliphatic carbocycles. The van der Waals surface area contributed by atoms with E-state index in [2.05, 4.69) is 24.4 Å². The highest BCUT2D eigenvalue weighted by Gasteiger charge is 2.11. The Morgan fingerprint density at radius 3 is 2.68 bits per heavy atom. The third kappa shape index (κ3) is 4.75. The Bertz CT molecular complexity index is 379. The van der Waals surface area contributed by atoms with Crippen molar-refractivity contribution < 1.29 is 9.47 Å². The molecule has 3 heteroatoms. The third-order valence-corrected chi connectivity index (χ3v) is 3.35. The Hall–Kier alpha value is -1.22. The third-order valence-electron chi connectivity index (χ3n) is 3.35. The minimum atomic E-state index is 0.664. The van der Waals surface area contributed by atoms with Crippen LogP contribution in [-0.4, -0.2) is 26.3 Å². The standard InChI is InChI=1S/C16H25NO2/c1-2-9-17-10-5-3-4-6-14-7-8-15-16(13-14)19-12-11-18-15/h7-8,13,17H,2-6,9-12H2,1H3. The van der Waals surface area contributed by atoms with Crippen LogP contribution in [0.15, 0.2) is 18.2 Å². The highest BCUT2D eigenvalue weighted by Crippen LogP contribution is 2.31. The first kappa shape index (κ1) is 14.2. The van der Waals surface area contributed by atoms with E-state index in [1.807, 2.05) is 6.07 Å². The maximum atomic E-state index is 5.60. The van der Waals surface area contributed by atoms with Crippen LogP contribution in [0.5, 0.6) is 11.5 Å². The molecule has 0 aromatic heterocycles. The van der Waals surface area contributed by atoms with Gasteiger partial charge < -0.3 is 14.8 Å². The van der Waals surface area contributed by atoms with Gasteiger partial charge in [0.15, 0.2) is 11.5 Å². The summed E-state index contributed by atoms with van der Waals surface area (Å²) in [6, 6.07) is 6.32. The van der Waals surface area contributed by atoms with Crippen molar-refractivity contribution in [2.75, 3.05) is 26.3 Å². The molecule has 0 spiro atoms. The summed E-state index contributed by atoms with van der Waals surface area (Å²) >= 11 is 0. The van der Waals surface area contributed by atoms with Gasteiger partial charge in [0.25, 0.3) is 0 Å². The summed E-state index contributed by atoms with van der Waals surface area (Å²) in [6.07, 6.45) is 6.14. The normalized spacial score (nSPS) is 13.5. The van der Waals surface area contributed by atoms with Crippen molar-refractivity contribution in [2.45, 2.75) is 39.0 Å². The van der Waals surface area contributed by atoms with Gasteiger partial charge in [0.2, 0.25) is 0 Å². The van der Waals surface area contributed by atoms with Crippen LogP contribution in [0, 0.1) is 0 Å². The minimum Gasteiger partial charge on any atom is -0.486 e. The number of hydrogen-bond acceptors (Lipinski definition) is 3. The van der Waals surface area contributed by atoms with Crippen LogP contribution >= 0.6 is 0 Å². The molecule has 0 radical (unpaired) electrons. The van der Waals surface area contributed by atoms with Crippen LogP contribution in [0.2, 0.25) is 0 Å². The smallest absolute Gasteiger partial charge is 0.161 e. The number of benzene rings is 1. The predicted octanol–water partition coefficient (Wildman–Crippen LogP) is 3.17. The molecule has 0 atom stereocenters. The van der Waals surface area contributed by atoms with Gasteiger partial charge in [-0.15, -0.1) is 0 Å². The Kier molecular flexibility index (Phi) is 6.02. The highest BCUT2D eigenvalue weighted by atomic mass is 16.6. The second-order valence-corrected chi connectivity index (χ2v) is 5.04. The maximum Gasteiger partial charge on any atom is 0.161 e. The molecule has 106 valence electrons. The van der Waals surface area contributed by atoms with E-state index in [1.54, 1.807) is 0 Å². The summed E-state index contributed by atoms with van der Waals surface area (Å²) < 4.78 is 11.1. The van der Waals surface area contributed by atoms with Crippen molar-refractivity contribution in [3.63, 3.8) is 0 Å². The van der Waals surface area contributed by atoms with E-state index >= 15 is 0 Å². The average Bonchev–Trinajstić information content (AvgIpc) is 2.46. The summed E-state index contributed by atoms with van der Waals surface area (Å²) in [5, 5.41) is 3.44. The molecule has 1 aromatic rings. The molecule has 1 heterocycles. The van der Waals surface area contributed by atoms with Crippen molar-refractivity contribution in [1.29, 1.82) is 0 Å². The molecule has 1 aliphatic heterocycles. The molecular formula is C16H25NO2. The van der Waals surface area contributed by atoms with Crippen LogP contribution in [-0.2, 0) is 6.42 Å². The Balaban J connectivity index is 1.66. The Labute approximate surface area is 116 Å². The number of aryl methyl sites for hydroxylation is 1. The van der Waals surface area contributed by atoms with Gasteiger partial charge in [-0.3, -0.25) is 0 Å². The fourth-order valence-corrected chi connectivity index (χ4v) is 2.30. The molecule has 1 aliphatic rings. The SMILES string of the molecule is CCCNCCCCCc1ccc2c(c1)OCCO2. The quantitative estimate of drug-likeness (QED) is 0.731. The number of unbranched alkanes of at least 4 members (excludes halogenated alkanes) is 2. The molecule has 3 nitrogen and oxygen atoms in total.